The molecule has 0 aliphatic carbocycles. The van der Waals surface area contributed by atoms with E-state index < -0.39 is 0 Å². The molecular weight excluding hydrogens is 174 g/mol. The molecule has 1 aromatic heterocycles. The number of thiocarbonyl (C=S) groups is 1. The zero-order chi connectivity index (χ0) is 8.43. The molecule has 11 heavy (non-hydrogen) atoms. The second-order valence-corrected chi connectivity index (χ2v) is 3.80. The lowest BCUT2D eigenvalue weighted by molar-refractivity contribution is 1.34. The lowest BCUT2D eigenvalue weighted by Gasteiger charge is -1.88. The largest absolute Gasteiger partial charge is 0.183 e. The van der Waals surface area contributed by atoms with Crippen LogP contribution in [0.1, 0.15) is 16.0 Å². The number of thiophene rings is 1. The number of nitrogens with zero attached hydrogens (tertiary/aromatic N) is 1. The Bertz CT molecular complexity index is 319. The van der Waals surface area contributed by atoms with Gasteiger partial charge in [0.05, 0.1) is 5.16 Å². The summed E-state index contributed by atoms with van der Waals surface area (Å²) >= 11 is 6.21. The highest BCUT2D eigenvalue weighted by Gasteiger charge is 2.05. The van der Waals surface area contributed by atoms with E-state index >= 15 is 0 Å². The van der Waals surface area contributed by atoms with E-state index in [1.54, 1.807) is 11.3 Å². The first kappa shape index (κ1) is 8.60. The molecule has 0 bridgehead atoms. The summed E-state index contributed by atoms with van der Waals surface area (Å²) in [7, 11) is 0. The van der Waals surface area contributed by atoms with Crippen LogP contribution >= 0.6 is 23.6 Å². The number of hydrogen-bond donors (Lipinski definition) is 0. The molecule has 0 aromatic carbocycles. The number of isothiocyanates is 1. The van der Waals surface area contributed by atoms with Gasteiger partial charge in [-0.15, -0.1) is 11.3 Å². The minimum Gasteiger partial charge on any atom is -0.183 e. The highest BCUT2D eigenvalue weighted by molar-refractivity contribution is 7.78. The van der Waals surface area contributed by atoms with Crippen LogP contribution in [0.15, 0.2) is 4.99 Å². The fraction of sp³-hybridized carbons (Fsp3) is 0.375. The van der Waals surface area contributed by atoms with E-state index in [2.05, 4.69) is 43.1 Å². The Morgan fingerprint density at radius 1 is 1.27 bits per heavy atom. The van der Waals surface area contributed by atoms with Crippen LogP contribution < -0.4 is 0 Å². The summed E-state index contributed by atoms with van der Waals surface area (Å²) in [5, 5.41) is 3.38. The average molecular weight is 183 g/mol. The number of hydrogen-bond acceptors (Lipinski definition) is 3. The fourth-order valence-electron chi connectivity index (χ4n) is 0.871. The van der Waals surface area contributed by atoms with E-state index in [9.17, 15) is 0 Å². The second kappa shape index (κ2) is 3.26. The van der Waals surface area contributed by atoms with Gasteiger partial charge in [0.2, 0.25) is 0 Å². The third-order valence-corrected chi connectivity index (χ3v) is 3.10. The van der Waals surface area contributed by atoms with Gasteiger partial charge in [0, 0.05) is 4.88 Å². The van der Waals surface area contributed by atoms with Crippen molar-refractivity contribution in [3.8, 4) is 0 Å². The monoisotopic (exact) mass is 183 g/mol. The number of aliphatic imine (C=N–C) groups is 1. The van der Waals surface area contributed by atoms with Gasteiger partial charge in [-0.3, -0.25) is 0 Å². The summed E-state index contributed by atoms with van der Waals surface area (Å²) in [6, 6.07) is 0. The minimum atomic E-state index is 0.995. The molecule has 0 N–H and O–H groups in total. The summed E-state index contributed by atoms with van der Waals surface area (Å²) in [5.74, 6) is 0. The van der Waals surface area contributed by atoms with Crippen LogP contribution in [-0.4, -0.2) is 5.16 Å². The highest BCUT2D eigenvalue weighted by atomic mass is 32.1. The lowest BCUT2D eigenvalue weighted by atomic mass is 10.2. The average Bonchev–Trinajstić information content (AvgIpc) is 2.19. The van der Waals surface area contributed by atoms with Gasteiger partial charge in [-0.2, -0.15) is 4.99 Å². The van der Waals surface area contributed by atoms with Crippen LogP contribution in [0.25, 0.3) is 0 Å². The minimum absolute atomic E-state index is 0.995. The molecule has 58 valence electrons. The predicted octanol–water partition coefficient (Wildman–Crippen LogP) is 3.41. The maximum absolute atomic E-state index is 4.54. The fourth-order valence-corrected chi connectivity index (χ4v) is 2.01. The molecule has 0 unspecified atom stereocenters. The maximum atomic E-state index is 4.54. The van der Waals surface area contributed by atoms with Gasteiger partial charge in [-0.25, -0.2) is 0 Å². The van der Waals surface area contributed by atoms with Crippen molar-refractivity contribution >= 4 is 33.7 Å². The van der Waals surface area contributed by atoms with E-state index in [4.69, 9.17) is 0 Å². The van der Waals surface area contributed by atoms with Crippen LogP contribution in [0, 0.1) is 20.8 Å². The normalized spacial score (nSPS) is 9.36. The zero-order valence-electron chi connectivity index (χ0n) is 6.76. The summed E-state index contributed by atoms with van der Waals surface area (Å²) in [4.78, 5) is 5.28. The Labute approximate surface area is 75.8 Å². The summed E-state index contributed by atoms with van der Waals surface area (Å²) in [5.41, 5.74) is 2.55. The Kier molecular flexibility index (Phi) is 2.55. The molecule has 3 heteroatoms. The molecule has 0 atom stereocenters. The SMILES string of the molecule is Cc1sc(N=C=S)c(C)c1C. The van der Waals surface area contributed by atoms with Crippen molar-refractivity contribution in [3.63, 3.8) is 0 Å². The molecule has 0 saturated heterocycles. The van der Waals surface area contributed by atoms with Crippen LogP contribution in [-0.2, 0) is 0 Å². The van der Waals surface area contributed by atoms with Crippen molar-refractivity contribution in [2.24, 2.45) is 4.99 Å². The molecule has 0 spiro atoms. The maximum Gasteiger partial charge on any atom is 0.130 e. The van der Waals surface area contributed by atoms with Gasteiger partial charge in [0.25, 0.3) is 0 Å². The molecule has 0 amide bonds. The van der Waals surface area contributed by atoms with Gasteiger partial charge < -0.3 is 0 Å². The van der Waals surface area contributed by atoms with Gasteiger partial charge >= 0.3 is 0 Å². The first-order chi connectivity index (χ1) is 5.16. The smallest absolute Gasteiger partial charge is 0.130 e. The van der Waals surface area contributed by atoms with E-state index in [-0.39, 0.29) is 0 Å². The van der Waals surface area contributed by atoms with Gasteiger partial charge in [0.15, 0.2) is 0 Å². The van der Waals surface area contributed by atoms with E-state index in [0.29, 0.717) is 0 Å². The van der Waals surface area contributed by atoms with Crippen molar-refractivity contribution in [2.75, 3.05) is 0 Å². The lowest BCUT2D eigenvalue weighted by Crippen LogP contribution is -1.72. The third kappa shape index (κ3) is 1.56. The Hall–Kier alpha value is -0.500. The topological polar surface area (TPSA) is 12.4 Å². The molecule has 1 rings (SSSR count). The quantitative estimate of drug-likeness (QED) is 0.480. The highest BCUT2D eigenvalue weighted by Crippen LogP contribution is 2.33. The van der Waals surface area contributed by atoms with Crippen molar-refractivity contribution in [1.29, 1.82) is 0 Å². The first-order valence-corrected chi connectivity index (χ1v) is 4.53. The Morgan fingerprint density at radius 2 is 1.91 bits per heavy atom. The van der Waals surface area contributed by atoms with Crippen molar-refractivity contribution in [2.45, 2.75) is 20.8 Å². The first-order valence-electron chi connectivity index (χ1n) is 3.31. The molecule has 0 fully saturated rings. The molecular formula is C8H9NS2. The molecule has 0 aliphatic rings. The second-order valence-electron chi connectivity index (χ2n) is 2.42. The summed E-state index contributed by atoms with van der Waals surface area (Å²) in [6.07, 6.45) is 0. The van der Waals surface area contributed by atoms with Gasteiger partial charge in [-0.05, 0) is 44.1 Å². The molecule has 1 aromatic rings. The molecule has 0 radical (unpaired) electrons. The van der Waals surface area contributed by atoms with Crippen molar-refractivity contribution < 1.29 is 0 Å². The predicted molar refractivity (Wildman–Crippen MR) is 53.2 cm³/mol. The zero-order valence-corrected chi connectivity index (χ0v) is 8.40. The van der Waals surface area contributed by atoms with E-state index in [0.717, 1.165) is 5.00 Å². The standard InChI is InChI=1S/C8H9NS2/c1-5-6(2)8(9-4-10)11-7(5)3/h1-3H3. The van der Waals surface area contributed by atoms with Crippen LogP contribution in [0.4, 0.5) is 5.00 Å². The van der Waals surface area contributed by atoms with E-state index in [1.807, 2.05) is 0 Å². The Balaban J connectivity index is 3.29. The number of rotatable bonds is 1. The van der Waals surface area contributed by atoms with Crippen LogP contribution in [0.3, 0.4) is 0 Å². The summed E-state index contributed by atoms with van der Waals surface area (Å²) < 4.78 is 0. The molecule has 1 nitrogen and oxygen atoms in total. The number of aryl methyl sites for hydroxylation is 1. The van der Waals surface area contributed by atoms with Gasteiger partial charge in [0.1, 0.15) is 5.00 Å². The van der Waals surface area contributed by atoms with Crippen LogP contribution in [0.2, 0.25) is 0 Å². The third-order valence-electron chi connectivity index (χ3n) is 1.81. The molecule has 0 aliphatic heterocycles. The molecule has 0 saturated carbocycles. The van der Waals surface area contributed by atoms with Crippen molar-refractivity contribution in [1.82, 2.24) is 0 Å². The Morgan fingerprint density at radius 3 is 2.27 bits per heavy atom. The van der Waals surface area contributed by atoms with Crippen LogP contribution in [0.5, 0.6) is 0 Å². The summed E-state index contributed by atoms with van der Waals surface area (Å²) in [6.45, 7) is 6.25. The van der Waals surface area contributed by atoms with Gasteiger partial charge in [-0.1, -0.05) is 0 Å². The molecule has 1 heterocycles. The van der Waals surface area contributed by atoms with Crippen molar-refractivity contribution in [3.05, 3.63) is 16.0 Å². The van der Waals surface area contributed by atoms with E-state index in [1.165, 1.54) is 16.0 Å².